The van der Waals surface area contributed by atoms with E-state index in [9.17, 15) is 31.1 Å². The van der Waals surface area contributed by atoms with Crippen molar-refractivity contribution in [3.63, 3.8) is 0 Å². The maximum Gasteiger partial charge on any atom is 0.432 e. The van der Waals surface area contributed by atoms with Crippen LogP contribution in [0.15, 0.2) is 48.5 Å². The van der Waals surface area contributed by atoms with Gasteiger partial charge in [0.1, 0.15) is 0 Å². The van der Waals surface area contributed by atoms with Crippen molar-refractivity contribution >= 4 is 40.2 Å². The van der Waals surface area contributed by atoms with Gasteiger partial charge in [0.05, 0.1) is 0 Å². The molecule has 0 saturated heterocycles. The van der Waals surface area contributed by atoms with Gasteiger partial charge in [-0.15, -0.1) is 0 Å². The SMILES string of the molecule is COC(C(=O)OC(c1ccc(Cl)cc1I)C(F)(F)F)(c1ccccc1)C(F)(F)F. The molecular formula is C18H12ClF6IO3. The van der Waals surface area contributed by atoms with Crippen molar-refractivity contribution in [1.82, 2.24) is 0 Å². The first-order valence-corrected chi connectivity index (χ1v) is 9.20. The Bertz CT molecular complexity index is 872. The predicted molar refractivity (Wildman–Crippen MR) is 100 cm³/mol. The van der Waals surface area contributed by atoms with Crippen molar-refractivity contribution in [3.8, 4) is 0 Å². The van der Waals surface area contributed by atoms with Gasteiger partial charge in [0, 0.05) is 26.8 Å². The quantitative estimate of drug-likeness (QED) is 0.252. The lowest BCUT2D eigenvalue weighted by molar-refractivity contribution is -0.289. The van der Waals surface area contributed by atoms with Crippen molar-refractivity contribution in [3.05, 3.63) is 68.3 Å². The smallest absolute Gasteiger partial charge is 0.432 e. The summed E-state index contributed by atoms with van der Waals surface area (Å²) in [6, 6.07) is 8.77. The summed E-state index contributed by atoms with van der Waals surface area (Å²) in [5, 5.41) is 0.108. The number of esters is 1. The second-order valence-corrected chi connectivity index (χ2v) is 7.34. The Morgan fingerprint density at radius 3 is 2.07 bits per heavy atom. The zero-order valence-corrected chi connectivity index (χ0v) is 17.4. The van der Waals surface area contributed by atoms with E-state index in [1.807, 2.05) is 0 Å². The number of hydrogen-bond acceptors (Lipinski definition) is 3. The third-order valence-electron chi connectivity index (χ3n) is 3.94. The summed E-state index contributed by atoms with van der Waals surface area (Å²) in [7, 11) is 0.566. The van der Waals surface area contributed by atoms with Gasteiger partial charge < -0.3 is 9.47 Å². The number of hydrogen-bond donors (Lipinski definition) is 0. The van der Waals surface area contributed by atoms with Gasteiger partial charge in [0.15, 0.2) is 0 Å². The molecule has 29 heavy (non-hydrogen) atoms. The van der Waals surface area contributed by atoms with Crippen LogP contribution in [0.5, 0.6) is 0 Å². The summed E-state index contributed by atoms with van der Waals surface area (Å²) in [6.07, 6.45) is -13.5. The van der Waals surface area contributed by atoms with Crippen LogP contribution < -0.4 is 0 Å². The van der Waals surface area contributed by atoms with Crippen molar-refractivity contribution in [2.24, 2.45) is 0 Å². The second-order valence-electron chi connectivity index (χ2n) is 5.74. The van der Waals surface area contributed by atoms with Crippen LogP contribution in [0.1, 0.15) is 17.2 Å². The van der Waals surface area contributed by atoms with Crippen LogP contribution in [-0.2, 0) is 19.9 Å². The van der Waals surface area contributed by atoms with E-state index >= 15 is 0 Å². The van der Waals surface area contributed by atoms with Crippen LogP contribution in [0.25, 0.3) is 0 Å². The Balaban J connectivity index is 2.58. The van der Waals surface area contributed by atoms with E-state index < -0.39 is 41.2 Å². The third-order valence-corrected chi connectivity index (χ3v) is 5.11. The summed E-state index contributed by atoms with van der Waals surface area (Å²) >= 11 is 7.23. The lowest BCUT2D eigenvalue weighted by Crippen LogP contribution is -2.52. The molecule has 11 heteroatoms. The maximum atomic E-state index is 13.9. The van der Waals surface area contributed by atoms with Crippen molar-refractivity contribution < 1.29 is 40.6 Å². The molecule has 2 atom stereocenters. The summed E-state index contributed by atoms with van der Waals surface area (Å²) in [5.74, 6) is -2.24. The highest BCUT2D eigenvalue weighted by atomic mass is 127. The molecule has 2 aromatic carbocycles. The largest absolute Gasteiger partial charge is 0.445 e. The minimum absolute atomic E-state index is 0.0417. The number of rotatable bonds is 5. The van der Waals surface area contributed by atoms with E-state index in [4.69, 9.17) is 11.6 Å². The predicted octanol–water partition coefficient (Wildman–Crippen LogP) is 6.20. The zero-order chi connectivity index (χ0) is 22.0. The highest BCUT2D eigenvalue weighted by Gasteiger charge is 2.65. The Kier molecular flexibility index (Phi) is 7.11. The van der Waals surface area contributed by atoms with Crippen molar-refractivity contribution in [1.29, 1.82) is 0 Å². The first-order chi connectivity index (χ1) is 13.3. The van der Waals surface area contributed by atoms with E-state index in [1.54, 1.807) is 0 Å². The minimum Gasteiger partial charge on any atom is -0.445 e. The molecule has 0 amide bonds. The number of benzene rings is 2. The topological polar surface area (TPSA) is 35.5 Å². The molecule has 0 heterocycles. The molecule has 158 valence electrons. The van der Waals surface area contributed by atoms with Crippen LogP contribution in [0.4, 0.5) is 26.3 Å². The molecule has 2 unspecified atom stereocenters. The number of halogens is 8. The average Bonchev–Trinajstić information content (AvgIpc) is 2.60. The number of ether oxygens (including phenoxy) is 2. The standard InChI is InChI=1S/C18H12ClF6IO3/c1-28-16(18(23,24)25,10-5-3-2-4-6-10)15(27)29-14(17(20,21)22)12-8-7-11(19)9-13(12)26/h2-9,14H,1H3. The van der Waals surface area contributed by atoms with Crippen LogP contribution in [0.3, 0.4) is 0 Å². The molecule has 0 aromatic heterocycles. The molecule has 0 aliphatic carbocycles. The fraction of sp³-hybridized carbons (Fsp3) is 0.278. The van der Waals surface area contributed by atoms with Crippen molar-refractivity contribution in [2.75, 3.05) is 7.11 Å². The van der Waals surface area contributed by atoms with E-state index in [0.717, 1.165) is 30.3 Å². The summed E-state index contributed by atoms with van der Waals surface area (Å²) in [5.41, 5.74) is -5.02. The Hall–Kier alpha value is -1.53. The second kappa shape index (κ2) is 8.68. The Labute approximate surface area is 180 Å². The fourth-order valence-electron chi connectivity index (χ4n) is 2.60. The minimum atomic E-state index is -5.40. The molecule has 0 radical (unpaired) electrons. The van der Waals surface area contributed by atoms with Gasteiger partial charge in [0.2, 0.25) is 6.10 Å². The van der Waals surface area contributed by atoms with E-state index in [-0.39, 0.29) is 8.59 Å². The molecule has 3 nitrogen and oxygen atoms in total. The van der Waals surface area contributed by atoms with Crippen LogP contribution in [0, 0.1) is 3.57 Å². The van der Waals surface area contributed by atoms with Crippen LogP contribution in [0.2, 0.25) is 5.02 Å². The number of alkyl halides is 6. The monoisotopic (exact) mass is 552 g/mol. The number of carbonyl (C=O) groups is 1. The molecular weight excluding hydrogens is 541 g/mol. The molecule has 0 aliphatic rings. The molecule has 0 fully saturated rings. The lowest BCUT2D eigenvalue weighted by Gasteiger charge is -2.34. The van der Waals surface area contributed by atoms with Crippen LogP contribution in [-0.4, -0.2) is 25.4 Å². The molecule has 0 N–H and O–H groups in total. The van der Waals surface area contributed by atoms with Gasteiger partial charge in [0.25, 0.3) is 5.60 Å². The fourth-order valence-corrected chi connectivity index (χ4v) is 3.75. The van der Waals surface area contributed by atoms with E-state index in [2.05, 4.69) is 9.47 Å². The van der Waals surface area contributed by atoms with Gasteiger partial charge in [-0.1, -0.05) is 48.0 Å². The van der Waals surface area contributed by atoms with Gasteiger partial charge in [-0.3, -0.25) is 0 Å². The highest BCUT2D eigenvalue weighted by molar-refractivity contribution is 14.1. The molecule has 2 rings (SSSR count). The number of methoxy groups -OCH3 is 1. The first-order valence-electron chi connectivity index (χ1n) is 7.74. The Morgan fingerprint density at radius 1 is 1.03 bits per heavy atom. The van der Waals surface area contributed by atoms with E-state index in [1.165, 1.54) is 40.8 Å². The average molecular weight is 553 g/mol. The first kappa shape index (κ1) is 23.7. The van der Waals surface area contributed by atoms with Gasteiger partial charge in [-0.25, -0.2) is 4.79 Å². The van der Waals surface area contributed by atoms with E-state index in [0.29, 0.717) is 7.11 Å². The van der Waals surface area contributed by atoms with Crippen LogP contribution >= 0.6 is 34.2 Å². The summed E-state index contributed by atoms with van der Waals surface area (Å²) in [4.78, 5) is 12.6. The molecule has 2 aromatic rings. The Morgan fingerprint density at radius 2 is 1.62 bits per heavy atom. The zero-order valence-electron chi connectivity index (χ0n) is 14.4. The normalized spacial score (nSPS) is 15.5. The third kappa shape index (κ3) is 4.80. The summed E-state index contributed by atoms with van der Waals surface area (Å²) in [6.45, 7) is 0. The highest BCUT2D eigenvalue weighted by Crippen LogP contribution is 2.46. The van der Waals surface area contributed by atoms with Gasteiger partial charge in [-0.05, 0) is 34.7 Å². The maximum absolute atomic E-state index is 13.9. The molecule has 0 bridgehead atoms. The molecule has 0 saturated carbocycles. The summed E-state index contributed by atoms with van der Waals surface area (Å²) < 4.78 is 91.2. The lowest BCUT2D eigenvalue weighted by atomic mass is 9.92. The van der Waals surface area contributed by atoms with Gasteiger partial charge in [-0.2, -0.15) is 26.3 Å². The molecule has 0 aliphatic heterocycles. The molecule has 0 spiro atoms. The number of carbonyl (C=O) groups excluding carboxylic acids is 1. The van der Waals surface area contributed by atoms with Gasteiger partial charge >= 0.3 is 18.3 Å². The van der Waals surface area contributed by atoms with Crippen molar-refractivity contribution in [2.45, 2.75) is 24.1 Å².